The van der Waals surface area contributed by atoms with E-state index < -0.39 is 0 Å². The molecule has 0 amide bonds. The van der Waals surface area contributed by atoms with Crippen molar-refractivity contribution in [1.82, 2.24) is 24.7 Å². The van der Waals surface area contributed by atoms with Crippen molar-refractivity contribution in [3.63, 3.8) is 0 Å². The van der Waals surface area contributed by atoms with E-state index in [2.05, 4.69) is 25.4 Å². The highest BCUT2D eigenvalue weighted by atomic mass is 32.1. The summed E-state index contributed by atoms with van der Waals surface area (Å²) < 4.78 is 2.84. The first-order valence-electron chi connectivity index (χ1n) is 6.14. The summed E-state index contributed by atoms with van der Waals surface area (Å²) in [5.41, 5.74) is 2.39. The summed E-state index contributed by atoms with van der Waals surface area (Å²) >= 11 is 1.55. The Morgan fingerprint density at radius 1 is 1.40 bits per heavy atom. The monoisotopic (exact) mass is 290 g/mol. The molecule has 104 valence electrons. The molecule has 3 rings (SSSR count). The summed E-state index contributed by atoms with van der Waals surface area (Å²) in [5, 5.41) is 8.31. The van der Waals surface area contributed by atoms with E-state index in [9.17, 15) is 4.79 Å². The zero-order valence-corrected chi connectivity index (χ0v) is 12.2. The molecule has 0 radical (unpaired) electrons. The lowest BCUT2D eigenvalue weighted by atomic mass is 10.4. The fourth-order valence-corrected chi connectivity index (χ4v) is 2.99. The molecule has 3 aromatic rings. The Kier molecular flexibility index (Phi) is 3.01. The molecule has 0 aliphatic carbocycles. The molecule has 0 fully saturated rings. The molecule has 0 unspecified atom stereocenters. The number of nitrogens with one attached hydrogen (secondary N) is 2. The average molecular weight is 290 g/mol. The van der Waals surface area contributed by atoms with E-state index in [-0.39, 0.29) is 5.56 Å². The molecule has 0 aromatic carbocycles. The molecule has 0 bridgehead atoms. The number of fused-ring (bicyclic) bond motifs is 1. The number of hydrogen-bond acceptors (Lipinski definition) is 6. The van der Waals surface area contributed by atoms with Crippen molar-refractivity contribution in [2.24, 2.45) is 7.05 Å². The van der Waals surface area contributed by atoms with Gasteiger partial charge >= 0.3 is 0 Å². The molecular weight excluding hydrogens is 276 g/mol. The third-order valence-electron chi connectivity index (χ3n) is 2.88. The summed E-state index contributed by atoms with van der Waals surface area (Å²) in [6, 6.07) is 1.49. The van der Waals surface area contributed by atoms with Crippen molar-refractivity contribution < 1.29 is 0 Å². The Labute approximate surface area is 118 Å². The quantitative estimate of drug-likeness (QED) is 0.760. The van der Waals surface area contributed by atoms with Crippen LogP contribution in [0.3, 0.4) is 0 Å². The third kappa shape index (κ3) is 2.29. The van der Waals surface area contributed by atoms with Crippen LogP contribution in [0.1, 0.15) is 17.2 Å². The summed E-state index contributed by atoms with van der Waals surface area (Å²) in [7, 11) is 1.88. The predicted molar refractivity (Wildman–Crippen MR) is 78.0 cm³/mol. The Morgan fingerprint density at radius 3 is 2.90 bits per heavy atom. The molecule has 0 saturated heterocycles. The summed E-state index contributed by atoms with van der Waals surface area (Å²) in [6.07, 6.45) is 0. The van der Waals surface area contributed by atoms with Gasteiger partial charge in [-0.25, -0.2) is 14.6 Å². The summed E-state index contributed by atoms with van der Waals surface area (Å²) in [5.74, 6) is 0.610. The van der Waals surface area contributed by atoms with E-state index in [1.54, 1.807) is 22.9 Å². The van der Waals surface area contributed by atoms with Crippen LogP contribution in [-0.2, 0) is 13.6 Å². The lowest BCUT2D eigenvalue weighted by molar-refractivity contribution is 0.774. The van der Waals surface area contributed by atoms with Crippen molar-refractivity contribution in [2.45, 2.75) is 20.4 Å². The maximum Gasteiger partial charge on any atom is 0.251 e. The molecule has 0 saturated carbocycles. The van der Waals surface area contributed by atoms with Gasteiger partial charge in [-0.15, -0.1) is 0 Å². The van der Waals surface area contributed by atoms with E-state index in [1.807, 2.05) is 14.0 Å². The van der Waals surface area contributed by atoms with Gasteiger partial charge in [0.05, 0.1) is 22.6 Å². The van der Waals surface area contributed by atoms with Gasteiger partial charge in [0.1, 0.15) is 5.82 Å². The molecule has 2 N–H and O–H groups in total. The highest BCUT2D eigenvalue weighted by molar-refractivity contribution is 7.22. The summed E-state index contributed by atoms with van der Waals surface area (Å²) in [4.78, 5) is 22.7. The highest BCUT2D eigenvalue weighted by Crippen LogP contribution is 2.28. The molecule has 3 heterocycles. The zero-order valence-electron chi connectivity index (χ0n) is 11.4. The molecule has 7 nitrogen and oxygen atoms in total. The van der Waals surface area contributed by atoms with Crippen LogP contribution in [0.4, 0.5) is 5.13 Å². The minimum atomic E-state index is -0.140. The van der Waals surface area contributed by atoms with E-state index >= 15 is 0 Å². The lowest BCUT2D eigenvalue weighted by Crippen LogP contribution is -2.12. The number of hydrogen-bond donors (Lipinski definition) is 2. The first-order chi connectivity index (χ1) is 9.52. The Hall–Kier alpha value is -2.22. The first-order valence-corrected chi connectivity index (χ1v) is 6.95. The van der Waals surface area contributed by atoms with Gasteiger partial charge in [0.15, 0.2) is 10.8 Å². The van der Waals surface area contributed by atoms with Gasteiger partial charge in [-0.1, -0.05) is 11.3 Å². The van der Waals surface area contributed by atoms with Crippen LogP contribution in [0, 0.1) is 13.8 Å². The maximum absolute atomic E-state index is 11.4. The number of aromatic amines is 1. The van der Waals surface area contributed by atoms with Gasteiger partial charge in [0.25, 0.3) is 5.56 Å². The normalized spacial score (nSPS) is 11.2. The number of aromatic nitrogens is 5. The van der Waals surface area contributed by atoms with Crippen LogP contribution in [0.5, 0.6) is 0 Å². The average Bonchev–Trinajstić information content (AvgIpc) is 2.88. The Balaban J connectivity index is 1.83. The minimum absolute atomic E-state index is 0.140. The van der Waals surface area contributed by atoms with Gasteiger partial charge in [-0.3, -0.25) is 4.79 Å². The van der Waals surface area contributed by atoms with Gasteiger partial charge in [-0.05, 0) is 13.8 Å². The molecule has 20 heavy (non-hydrogen) atoms. The van der Waals surface area contributed by atoms with Crippen LogP contribution < -0.4 is 10.9 Å². The summed E-state index contributed by atoms with van der Waals surface area (Å²) in [6.45, 7) is 4.20. The number of H-pyrrole nitrogens is 1. The fraction of sp³-hybridized carbons (Fsp3) is 0.333. The Morgan fingerprint density at radius 2 is 2.20 bits per heavy atom. The minimum Gasteiger partial charge on any atom is -0.356 e. The number of nitrogens with zero attached hydrogens (tertiary/aromatic N) is 4. The number of anilines is 1. The van der Waals surface area contributed by atoms with Crippen LogP contribution in [0.15, 0.2) is 10.9 Å². The zero-order chi connectivity index (χ0) is 14.3. The topological polar surface area (TPSA) is 88.5 Å². The highest BCUT2D eigenvalue weighted by Gasteiger charge is 2.11. The fourth-order valence-electron chi connectivity index (χ4n) is 2.06. The van der Waals surface area contributed by atoms with Crippen LogP contribution in [0.2, 0.25) is 0 Å². The van der Waals surface area contributed by atoms with Gasteiger partial charge < -0.3 is 10.3 Å². The molecule has 0 spiro atoms. The van der Waals surface area contributed by atoms with Gasteiger partial charge in [-0.2, -0.15) is 5.10 Å². The van der Waals surface area contributed by atoms with Gasteiger partial charge in [0, 0.05) is 13.1 Å². The smallest absolute Gasteiger partial charge is 0.251 e. The number of aryl methyl sites for hydroxylation is 3. The van der Waals surface area contributed by atoms with E-state index in [4.69, 9.17) is 0 Å². The number of rotatable bonds is 3. The molecule has 8 heteroatoms. The van der Waals surface area contributed by atoms with Crippen LogP contribution >= 0.6 is 11.3 Å². The predicted octanol–water partition coefficient (Wildman–Crippen LogP) is 1.34. The third-order valence-corrected chi connectivity index (χ3v) is 3.99. The van der Waals surface area contributed by atoms with Crippen LogP contribution in [0.25, 0.3) is 10.3 Å². The van der Waals surface area contributed by atoms with E-state index in [1.165, 1.54) is 6.07 Å². The molecule has 0 aliphatic rings. The number of thiazole rings is 1. The molecule has 0 aliphatic heterocycles. The van der Waals surface area contributed by atoms with Gasteiger partial charge in [0.2, 0.25) is 0 Å². The first kappa shape index (κ1) is 12.8. The van der Waals surface area contributed by atoms with E-state index in [0.717, 1.165) is 21.2 Å². The Bertz CT molecular complexity index is 796. The second-order valence-electron chi connectivity index (χ2n) is 4.56. The largest absolute Gasteiger partial charge is 0.356 e. The SMILES string of the molecule is Cc1nc(CNc2nc3c(s2)c(C)nn3C)cc(=O)[nH]1. The van der Waals surface area contributed by atoms with Crippen LogP contribution in [-0.4, -0.2) is 24.7 Å². The molecule has 0 atom stereocenters. The van der Waals surface area contributed by atoms with E-state index in [0.29, 0.717) is 18.1 Å². The van der Waals surface area contributed by atoms with Crippen molar-refractivity contribution >= 4 is 26.8 Å². The van der Waals surface area contributed by atoms with Crippen molar-refractivity contribution in [2.75, 3.05) is 5.32 Å². The second kappa shape index (κ2) is 4.71. The van der Waals surface area contributed by atoms with Crippen molar-refractivity contribution in [3.8, 4) is 0 Å². The standard InChI is InChI=1S/C12H14N6OS/c1-6-10-11(18(3)17-6)16-12(20-10)13-5-8-4-9(19)15-7(2)14-8/h4H,5H2,1-3H3,(H,13,16)(H,14,15,19). The second-order valence-corrected chi connectivity index (χ2v) is 5.56. The maximum atomic E-state index is 11.4. The van der Waals surface area contributed by atoms with Crippen molar-refractivity contribution in [3.05, 3.63) is 33.6 Å². The lowest BCUT2D eigenvalue weighted by Gasteiger charge is -2.02. The molecule has 3 aromatic heterocycles. The molecular formula is C12H14N6OS. The van der Waals surface area contributed by atoms with Crippen molar-refractivity contribution in [1.29, 1.82) is 0 Å².